The summed E-state index contributed by atoms with van der Waals surface area (Å²) in [5.41, 5.74) is 0. The van der Waals surface area contributed by atoms with Gasteiger partial charge < -0.3 is 5.11 Å². The van der Waals surface area contributed by atoms with Crippen molar-refractivity contribution in [3.63, 3.8) is 0 Å². The molecule has 1 saturated carbocycles. The Morgan fingerprint density at radius 2 is 1.71 bits per heavy atom. The number of rotatable bonds is 3. The van der Waals surface area contributed by atoms with Crippen LogP contribution < -0.4 is 4.72 Å². The van der Waals surface area contributed by atoms with Crippen LogP contribution in [0.3, 0.4) is 0 Å². The van der Waals surface area contributed by atoms with Crippen LogP contribution in [-0.4, -0.2) is 43.1 Å². The Balaban J connectivity index is 1.92. The lowest BCUT2D eigenvalue weighted by Crippen LogP contribution is -2.46. The van der Waals surface area contributed by atoms with Crippen molar-refractivity contribution >= 4 is 10.2 Å². The molecule has 0 amide bonds. The van der Waals surface area contributed by atoms with E-state index in [1.807, 2.05) is 0 Å². The van der Waals surface area contributed by atoms with Gasteiger partial charge in [-0.1, -0.05) is 0 Å². The summed E-state index contributed by atoms with van der Waals surface area (Å²) in [6.07, 6.45) is 2.67. The van der Waals surface area contributed by atoms with Crippen LogP contribution in [0.1, 0.15) is 25.7 Å². The molecule has 6 heteroatoms. The first-order valence-corrected chi connectivity index (χ1v) is 6.47. The van der Waals surface area contributed by atoms with Gasteiger partial charge in [-0.2, -0.15) is 17.4 Å². The summed E-state index contributed by atoms with van der Waals surface area (Å²) in [6, 6.07) is 0.159. The first-order valence-electron chi connectivity index (χ1n) is 5.03. The lowest BCUT2D eigenvalue weighted by Gasteiger charge is -2.28. The predicted octanol–water partition coefficient (Wildman–Crippen LogP) is -0.560. The third-order valence-electron chi connectivity index (χ3n) is 2.66. The number of hydrogen-bond acceptors (Lipinski definition) is 3. The molecule has 1 saturated heterocycles. The number of aliphatic hydroxyl groups excluding tert-OH is 1. The van der Waals surface area contributed by atoms with Crippen LogP contribution in [-0.2, 0) is 10.2 Å². The fourth-order valence-corrected chi connectivity index (χ4v) is 3.07. The van der Waals surface area contributed by atoms with Gasteiger partial charge in [-0.05, 0) is 25.7 Å². The first-order chi connectivity index (χ1) is 6.58. The molecule has 0 spiro atoms. The maximum Gasteiger partial charge on any atom is 0.279 e. The highest BCUT2D eigenvalue weighted by Crippen LogP contribution is 2.21. The molecule has 82 valence electrons. The van der Waals surface area contributed by atoms with Crippen LogP contribution in [0.5, 0.6) is 0 Å². The van der Waals surface area contributed by atoms with Crippen molar-refractivity contribution in [1.82, 2.24) is 9.03 Å². The zero-order valence-electron chi connectivity index (χ0n) is 8.02. The van der Waals surface area contributed by atoms with Crippen LogP contribution in [0, 0.1) is 0 Å². The number of hydrogen-bond donors (Lipinski definition) is 2. The SMILES string of the molecule is O=S(=O)(NC1CC1)N1CCC(O)CC1. The summed E-state index contributed by atoms with van der Waals surface area (Å²) >= 11 is 0. The zero-order chi connectivity index (χ0) is 10.2. The summed E-state index contributed by atoms with van der Waals surface area (Å²) < 4.78 is 27.4. The van der Waals surface area contributed by atoms with Gasteiger partial charge in [0.05, 0.1) is 6.10 Å². The molecule has 2 N–H and O–H groups in total. The van der Waals surface area contributed by atoms with Crippen LogP contribution in [0.25, 0.3) is 0 Å². The van der Waals surface area contributed by atoms with Gasteiger partial charge in [-0.25, -0.2) is 0 Å². The summed E-state index contributed by atoms with van der Waals surface area (Å²) in [5.74, 6) is 0. The Labute approximate surface area is 84.3 Å². The van der Waals surface area contributed by atoms with Gasteiger partial charge in [0.1, 0.15) is 0 Å². The Kier molecular flexibility index (Phi) is 2.79. The molecule has 2 aliphatic rings. The molecular weight excluding hydrogens is 204 g/mol. The monoisotopic (exact) mass is 220 g/mol. The molecule has 5 nitrogen and oxygen atoms in total. The minimum Gasteiger partial charge on any atom is -0.393 e. The maximum absolute atomic E-state index is 11.7. The molecule has 0 radical (unpaired) electrons. The topological polar surface area (TPSA) is 69.6 Å². The van der Waals surface area contributed by atoms with Crippen molar-refractivity contribution in [1.29, 1.82) is 0 Å². The van der Waals surface area contributed by atoms with Crippen molar-refractivity contribution in [3.8, 4) is 0 Å². The summed E-state index contributed by atoms with van der Waals surface area (Å²) in [4.78, 5) is 0. The van der Waals surface area contributed by atoms with Gasteiger partial charge in [0.15, 0.2) is 0 Å². The summed E-state index contributed by atoms with van der Waals surface area (Å²) in [6.45, 7) is 0.868. The highest BCUT2D eigenvalue weighted by molar-refractivity contribution is 7.87. The average molecular weight is 220 g/mol. The molecule has 14 heavy (non-hydrogen) atoms. The predicted molar refractivity (Wildman–Crippen MR) is 51.9 cm³/mol. The molecule has 2 rings (SSSR count). The first kappa shape index (κ1) is 10.4. The smallest absolute Gasteiger partial charge is 0.279 e. The molecule has 2 fully saturated rings. The van der Waals surface area contributed by atoms with Crippen LogP contribution in [0.4, 0.5) is 0 Å². The number of nitrogens with one attached hydrogen (secondary N) is 1. The van der Waals surface area contributed by atoms with E-state index >= 15 is 0 Å². The maximum atomic E-state index is 11.7. The largest absolute Gasteiger partial charge is 0.393 e. The highest BCUT2D eigenvalue weighted by atomic mass is 32.2. The zero-order valence-corrected chi connectivity index (χ0v) is 8.83. The second kappa shape index (κ2) is 3.77. The third kappa shape index (κ3) is 2.44. The van der Waals surface area contributed by atoms with Gasteiger partial charge in [-0.3, -0.25) is 0 Å². The molecule has 1 heterocycles. The highest BCUT2D eigenvalue weighted by Gasteiger charge is 2.32. The minimum absolute atomic E-state index is 0.159. The van der Waals surface area contributed by atoms with Gasteiger partial charge in [0, 0.05) is 19.1 Å². The Morgan fingerprint density at radius 3 is 2.21 bits per heavy atom. The van der Waals surface area contributed by atoms with Crippen LogP contribution in [0.15, 0.2) is 0 Å². The molecule has 1 aliphatic heterocycles. The fraction of sp³-hybridized carbons (Fsp3) is 1.00. The van der Waals surface area contributed by atoms with E-state index in [0.717, 1.165) is 12.8 Å². The Bertz CT molecular complexity index is 292. The second-order valence-corrected chi connectivity index (χ2v) is 5.73. The van der Waals surface area contributed by atoms with E-state index in [0.29, 0.717) is 25.9 Å². The Hall–Kier alpha value is -0.170. The molecule has 0 atom stereocenters. The van der Waals surface area contributed by atoms with Crippen LogP contribution >= 0.6 is 0 Å². The van der Waals surface area contributed by atoms with E-state index in [1.54, 1.807) is 0 Å². The molecular formula is C8H16N2O3S. The van der Waals surface area contributed by atoms with Gasteiger partial charge >= 0.3 is 0 Å². The second-order valence-electron chi connectivity index (χ2n) is 4.03. The summed E-state index contributed by atoms with van der Waals surface area (Å²) in [7, 11) is -3.27. The molecule has 0 aromatic rings. The third-order valence-corrected chi connectivity index (χ3v) is 4.33. The van der Waals surface area contributed by atoms with Crippen molar-refractivity contribution in [2.24, 2.45) is 0 Å². The van der Waals surface area contributed by atoms with E-state index in [-0.39, 0.29) is 12.1 Å². The minimum atomic E-state index is -3.27. The molecule has 1 aliphatic carbocycles. The van der Waals surface area contributed by atoms with Crippen molar-refractivity contribution in [2.75, 3.05) is 13.1 Å². The van der Waals surface area contributed by atoms with Gasteiger partial charge in [0.25, 0.3) is 10.2 Å². The van der Waals surface area contributed by atoms with E-state index in [9.17, 15) is 13.5 Å². The Morgan fingerprint density at radius 1 is 1.14 bits per heavy atom. The quantitative estimate of drug-likeness (QED) is 0.670. The van der Waals surface area contributed by atoms with E-state index in [4.69, 9.17) is 0 Å². The molecule has 0 unspecified atom stereocenters. The van der Waals surface area contributed by atoms with Crippen LogP contribution in [0.2, 0.25) is 0 Å². The van der Waals surface area contributed by atoms with E-state index < -0.39 is 10.2 Å². The number of nitrogens with zero attached hydrogens (tertiary/aromatic N) is 1. The number of piperidine rings is 1. The summed E-state index contributed by atoms with van der Waals surface area (Å²) in [5, 5.41) is 9.25. The van der Waals surface area contributed by atoms with E-state index in [1.165, 1.54) is 4.31 Å². The van der Waals surface area contributed by atoms with Crippen molar-refractivity contribution in [3.05, 3.63) is 0 Å². The molecule has 0 aromatic heterocycles. The van der Waals surface area contributed by atoms with E-state index in [2.05, 4.69) is 4.72 Å². The average Bonchev–Trinajstić information content (AvgIpc) is 2.88. The fourth-order valence-electron chi connectivity index (χ4n) is 1.57. The molecule has 0 aromatic carbocycles. The lowest BCUT2D eigenvalue weighted by molar-refractivity contribution is 0.112. The lowest BCUT2D eigenvalue weighted by atomic mass is 10.1. The standard InChI is InChI=1S/C8H16N2O3S/c11-8-3-5-10(6-4-8)14(12,13)9-7-1-2-7/h7-9,11H,1-6H2. The van der Waals surface area contributed by atoms with Gasteiger partial charge in [-0.15, -0.1) is 0 Å². The van der Waals surface area contributed by atoms with Gasteiger partial charge in [0.2, 0.25) is 0 Å². The molecule has 0 bridgehead atoms. The van der Waals surface area contributed by atoms with Crippen molar-refractivity contribution in [2.45, 2.75) is 37.8 Å². The number of aliphatic hydroxyl groups is 1. The normalized spacial score (nSPS) is 26.6. The van der Waals surface area contributed by atoms with Crippen molar-refractivity contribution < 1.29 is 13.5 Å².